The number of aryl methyl sites for hydroxylation is 2. The molecule has 0 fully saturated rings. The first-order chi connectivity index (χ1) is 9.01. The van der Waals surface area contributed by atoms with E-state index in [0.717, 1.165) is 0 Å². The van der Waals surface area contributed by atoms with E-state index in [2.05, 4.69) is 10.4 Å². The van der Waals surface area contributed by atoms with Crippen LogP contribution in [-0.2, 0) is 6.54 Å². The van der Waals surface area contributed by atoms with Crippen LogP contribution in [0.25, 0.3) is 0 Å². The minimum atomic E-state index is -0.403. The molecule has 100 valence electrons. The number of amides is 1. The van der Waals surface area contributed by atoms with Gasteiger partial charge in [-0.15, -0.1) is 0 Å². The summed E-state index contributed by atoms with van der Waals surface area (Å²) in [7, 11) is 0. The van der Waals surface area contributed by atoms with Crippen LogP contribution >= 0.6 is 0 Å². The van der Waals surface area contributed by atoms with Crippen LogP contribution in [-0.4, -0.2) is 15.7 Å². The summed E-state index contributed by atoms with van der Waals surface area (Å²) in [5.74, 6) is -0.746. The Bertz CT molecular complexity index is 621. The SMILES string of the molecule is CCn1cc(N)c(C(=O)Nc2ccc(F)cc2C)n1. The van der Waals surface area contributed by atoms with Gasteiger partial charge in [0.25, 0.3) is 5.91 Å². The molecule has 0 saturated heterocycles. The molecule has 0 atom stereocenters. The van der Waals surface area contributed by atoms with E-state index in [-0.39, 0.29) is 11.5 Å². The Kier molecular flexibility index (Phi) is 3.50. The van der Waals surface area contributed by atoms with E-state index in [1.54, 1.807) is 17.8 Å². The van der Waals surface area contributed by atoms with Crippen molar-refractivity contribution >= 4 is 17.3 Å². The molecule has 0 radical (unpaired) electrons. The van der Waals surface area contributed by atoms with E-state index in [1.165, 1.54) is 18.2 Å². The van der Waals surface area contributed by atoms with Crippen LogP contribution < -0.4 is 11.1 Å². The summed E-state index contributed by atoms with van der Waals surface area (Å²) in [5, 5.41) is 6.75. The average molecular weight is 262 g/mol. The molecule has 2 aromatic rings. The minimum absolute atomic E-state index is 0.172. The molecule has 6 heteroatoms. The van der Waals surface area contributed by atoms with Gasteiger partial charge in [0.2, 0.25) is 0 Å². The van der Waals surface area contributed by atoms with Gasteiger partial charge in [-0.05, 0) is 37.6 Å². The number of halogens is 1. The zero-order chi connectivity index (χ0) is 14.0. The molecular weight excluding hydrogens is 247 g/mol. The maximum atomic E-state index is 13.0. The average Bonchev–Trinajstić information content (AvgIpc) is 2.74. The molecule has 0 aliphatic heterocycles. The lowest BCUT2D eigenvalue weighted by molar-refractivity contribution is 0.102. The van der Waals surface area contributed by atoms with Gasteiger partial charge >= 0.3 is 0 Å². The van der Waals surface area contributed by atoms with Crippen LogP contribution in [0.4, 0.5) is 15.8 Å². The molecule has 1 aromatic carbocycles. The standard InChI is InChI=1S/C13H15FN4O/c1-3-18-7-10(15)12(17-18)13(19)16-11-5-4-9(14)6-8(11)2/h4-7H,3,15H2,1-2H3,(H,16,19). The first-order valence-corrected chi connectivity index (χ1v) is 5.91. The van der Waals surface area contributed by atoms with E-state index < -0.39 is 5.91 Å². The molecule has 2 rings (SSSR count). The fourth-order valence-electron chi connectivity index (χ4n) is 1.72. The van der Waals surface area contributed by atoms with Gasteiger partial charge in [0, 0.05) is 18.4 Å². The Morgan fingerprint density at radius 1 is 1.53 bits per heavy atom. The Hall–Kier alpha value is -2.37. The Morgan fingerprint density at radius 2 is 2.26 bits per heavy atom. The molecule has 0 unspecified atom stereocenters. The van der Waals surface area contributed by atoms with Gasteiger partial charge in [0.05, 0.1) is 5.69 Å². The van der Waals surface area contributed by atoms with E-state index in [0.29, 0.717) is 23.5 Å². The summed E-state index contributed by atoms with van der Waals surface area (Å²) in [6.07, 6.45) is 1.60. The molecule has 0 aliphatic carbocycles. The van der Waals surface area contributed by atoms with Crippen molar-refractivity contribution in [3.05, 3.63) is 41.5 Å². The van der Waals surface area contributed by atoms with Crippen LogP contribution in [0.2, 0.25) is 0 Å². The number of hydrogen-bond acceptors (Lipinski definition) is 3. The van der Waals surface area contributed by atoms with Crippen molar-refractivity contribution in [2.75, 3.05) is 11.1 Å². The van der Waals surface area contributed by atoms with Gasteiger partial charge in [-0.1, -0.05) is 0 Å². The highest BCUT2D eigenvalue weighted by atomic mass is 19.1. The third-order valence-corrected chi connectivity index (χ3v) is 2.77. The van der Waals surface area contributed by atoms with Crippen molar-refractivity contribution in [2.45, 2.75) is 20.4 Å². The molecule has 1 amide bonds. The summed E-state index contributed by atoms with van der Waals surface area (Å²) < 4.78 is 14.6. The van der Waals surface area contributed by atoms with Gasteiger partial charge in [-0.25, -0.2) is 4.39 Å². The van der Waals surface area contributed by atoms with Gasteiger partial charge in [-0.2, -0.15) is 5.10 Å². The highest BCUT2D eigenvalue weighted by molar-refractivity contribution is 6.06. The predicted molar refractivity (Wildman–Crippen MR) is 71.4 cm³/mol. The lowest BCUT2D eigenvalue weighted by Crippen LogP contribution is -2.15. The summed E-state index contributed by atoms with van der Waals surface area (Å²) >= 11 is 0. The quantitative estimate of drug-likeness (QED) is 0.890. The number of nitrogens with one attached hydrogen (secondary N) is 1. The number of benzene rings is 1. The summed E-state index contributed by atoms with van der Waals surface area (Å²) in [6, 6.07) is 4.15. The molecule has 19 heavy (non-hydrogen) atoms. The van der Waals surface area contributed by atoms with E-state index in [4.69, 9.17) is 5.73 Å². The van der Waals surface area contributed by atoms with Crippen molar-refractivity contribution in [3.63, 3.8) is 0 Å². The highest BCUT2D eigenvalue weighted by Crippen LogP contribution is 2.18. The zero-order valence-electron chi connectivity index (χ0n) is 10.8. The van der Waals surface area contributed by atoms with Crippen molar-refractivity contribution in [1.29, 1.82) is 0 Å². The summed E-state index contributed by atoms with van der Waals surface area (Å²) in [4.78, 5) is 12.0. The zero-order valence-corrected chi connectivity index (χ0v) is 10.8. The van der Waals surface area contributed by atoms with Crippen molar-refractivity contribution in [1.82, 2.24) is 9.78 Å². The molecule has 5 nitrogen and oxygen atoms in total. The number of nitrogens with zero attached hydrogens (tertiary/aromatic N) is 2. The fourth-order valence-corrected chi connectivity index (χ4v) is 1.72. The second kappa shape index (κ2) is 5.09. The van der Waals surface area contributed by atoms with E-state index >= 15 is 0 Å². The molecule has 0 aliphatic rings. The van der Waals surface area contributed by atoms with Crippen LogP contribution in [0.3, 0.4) is 0 Å². The number of nitrogen functional groups attached to an aromatic ring is 1. The Labute approximate surface area is 110 Å². The van der Waals surface area contributed by atoms with Crippen LogP contribution in [0.5, 0.6) is 0 Å². The van der Waals surface area contributed by atoms with Gasteiger partial charge in [-0.3, -0.25) is 9.48 Å². The van der Waals surface area contributed by atoms with Crippen molar-refractivity contribution in [3.8, 4) is 0 Å². The van der Waals surface area contributed by atoms with Gasteiger partial charge < -0.3 is 11.1 Å². The molecule has 0 saturated carbocycles. The van der Waals surface area contributed by atoms with E-state index in [9.17, 15) is 9.18 Å². The maximum Gasteiger partial charge on any atom is 0.278 e. The number of carbonyl (C=O) groups excluding carboxylic acids is 1. The highest BCUT2D eigenvalue weighted by Gasteiger charge is 2.15. The Balaban J connectivity index is 2.23. The van der Waals surface area contributed by atoms with Crippen LogP contribution in [0, 0.1) is 12.7 Å². The number of aromatic nitrogens is 2. The third-order valence-electron chi connectivity index (χ3n) is 2.77. The van der Waals surface area contributed by atoms with Crippen molar-refractivity contribution in [2.24, 2.45) is 0 Å². The molecule has 3 N–H and O–H groups in total. The number of rotatable bonds is 3. The molecule has 1 aromatic heterocycles. The molecule has 0 spiro atoms. The number of anilines is 2. The van der Waals surface area contributed by atoms with Gasteiger partial charge in [0.1, 0.15) is 5.82 Å². The Morgan fingerprint density at radius 3 is 2.84 bits per heavy atom. The molecule has 0 bridgehead atoms. The lowest BCUT2D eigenvalue weighted by Gasteiger charge is -2.07. The topological polar surface area (TPSA) is 72.9 Å². The lowest BCUT2D eigenvalue weighted by atomic mass is 10.2. The van der Waals surface area contributed by atoms with Crippen LogP contribution in [0.1, 0.15) is 23.0 Å². The monoisotopic (exact) mass is 262 g/mol. The second-order valence-corrected chi connectivity index (χ2v) is 4.20. The number of hydrogen-bond donors (Lipinski definition) is 2. The van der Waals surface area contributed by atoms with Crippen molar-refractivity contribution < 1.29 is 9.18 Å². The largest absolute Gasteiger partial charge is 0.396 e. The molecule has 1 heterocycles. The smallest absolute Gasteiger partial charge is 0.278 e. The predicted octanol–water partition coefficient (Wildman–Crippen LogP) is 2.19. The first kappa shape index (κ1) is 13.1. The minimum Gasteiger partial charge on any atom is -0.396 e. The molecular formula is C13H15FN4O. The fraction of sp³-hybridized carbons (Fsp3) is 0.231. The maximum absolute atomic E-state index is 13.0. The summed E-state index contributed by atoms with van der Waals surface area (Å²) in [6.45, 7) is 4.25. The second-order valence-electron chi connectivity index (χ2n) is 4.20. The number of carbonyl (C=O) groups is 1. The van der Waals surface area contributed by atoms with Gasteiger partial charge in [0.15, 0.2) is 5.69 Å². The summed E-state index contributed by atoms with van der Waals surface area (Å²) in [5.41, 5.74) is 7.40. The van der Waals surface area contributed by atoms with E-state index in [1.807, 2.05) is 6.92 Å². The van der Waals surface area contributed by atoms with Crippen LogP contribution in [0.15, 0.2) is 24.4 Å². The normalized spacial score (nSPS) is 10.5. The first-order valence-electron chi connectivity index (χ1n) is 5.91. The third kappa shape index (κ3) is 2.73. The number of nitrogens with two attached hydrogens (primary N) is 1.